The quantitative estimate of drug-likeness (QED) is 0.616. The van der Waals surface area contributed by atoms with Crippen molar-refractivity contribution in [3.63, 3.8) is 0 Å². The van der Waals surface area contributed by atoms with E-state index in [1.807, 2.05) is 0 Å². The number of nitrogen functional groups attached to an aromatic ring is 1. The smallest absolute Gasteiger partial charge is 0.340 e. The zero-order valence-corrected chi connectivity index (χ0v) is 13.3. The Hall–Kier alpha value is -1.42. The van der Waals surface area contributed by atoms with Crippen LogP contribution in [0.2, 0.25) is 5.02 Å². The van der Waals surface area contributed by atoms with Crippen molar-refractivity contribution in [2.75, 3.05) is 18.2 Å². The summed E-state index contributed by atoms with van der Waals surface area (Å²) in [6.45, 7) is 6.43. The third kappa shape index (κ3) is 4.60. The van der Waals surface area contributed by atoms with Gasteiger partial charge in [0.25, 0.3) is 0 Å². The minimum atomic E-state index is -0.447. The van der Waals surface area contributed by atoms with Crippen molar-refractivity contribution in [3.8, 4) is 0 Å². The van der Waals surface area contributed by atoms with Crippen LogP contribution in [-0.2, 0) is 4.74 Å². The Labute approximate surface area is 125 Å². The van der Waals surface area contributed by atoms with E-state index in [1.54, 1.807) is 12.1 Å². The van der Waals surface area contributed by atoms with Gasteiger partial charge in [0, 0.05) is 11.7 Å². The van der Waals surface area contributed by atoms with Crippen LogP contribution in [0.1, 0.15) is 44.0 Å². The molecule has 0 aliphatic carbocycles. The molecule has 112 valence electrons. The number of carbonyl (C=O) groups is 1. The first-order chi connectivity index (χ1) is 9.35. The van der Waals surface area contributed by atoms with Crippen LogP contribution in [0, 0.1) is 5.92 Å². The number of carbonyl (C=O) groups excluding carboxylic acids is 1. The maximum absolute atomic E-state index is 11.8. The first kappa shape index (κ1) is 16.6. The minimum absolute atomic E-state index is 0.210. The normalized spacial score (nSPS) is 12.3. The van der Waals surface area contributed by atoms with E-state index in [0.29, 0.717) is 27.9 Å². The number of hydrogen-bond donors (Lipinski definition) is 2. The molecule has 1 aromatic carbocycles. The van der Waals surface area contributed by atoms with Crippen LogP contribution in [0.5, 0.6) is 0 Å². The Bertz CT molecular complexity index is 475. The minimum Gasteiger partial charge on any atom is -0.465 e. The molecule has 0 saturated heterocycles. The van der Waals surface area contributed by atoms with Crippen molar-refractivity contribution in [3.05, 3.63) is 22.7 Å². The molecule has 20 heavy (non-hydrogen) atoms. The molecule has 0 spiro atoms. The highest BCUT2D eigenvalue weighted by molar-refractivity contribution is 6.34. The maximum atomic E-state index is 11.8. The van der Waals surface area contributed by atoms with Crippen LogP contribution in [0.4, 0.5) is 11.4 Å². The molecule has 0 radical (unpaired) electrons. The van der Waals surface area contributed by atoms with Crippen LogP contribution in [0.25, 0.3) is 0 Å². The van der Waals surface area contributed by atoms with Crippen LogP contribution in [-0.4, -0.2) is 19.1 Å². The Kier molecular flexibility index (Phi) is 6.14. The second kappa shape index (κ2) is 7.39. The third-order valence-corrected chi connectivity index (χ3v) is 3.38. The summed E-state index contributed by atoms with van der Waals surface area (Å²) in [6.07, 6.45) is 2.10. The first-order valence-corrected chi connectivity index (χ1v) is 7.16. The van der Waals surface area contributed by atoms with Crippen molar-refractivity contribution in [1.82, 2.24) is 0 Å². The maximum Gasteiger partial charge on any atom is 0.340 e. The van der Waals surface area contributed by atoms with Gasteiger partial charge in [-0.1, -0.05) is 25.4 Å². The summed E-state index contributed by atoms with van der Waals surface area (Å²) in [6, 6.07) is 3.42. The second-order valence-corrected chi connectivity index (χ2v) is 5.84. The monoisotopic (exact) mass is 298 g/mol. The van der Waals surface area contributed by atoms with E-state index in [2.05, 4.69) is 26.1 Å². The predicted octanol–water partition coefficient (Wildman–Crippen LogP) is 3.95. The van der Waals surface area contributed by atoms with Crippen LogP contribution >= 0.6 is 11.6 Å². The Balaban J connectivity index is 2.95. The van der Waals surface area contributed by atoms with Gasteiger partial charge in [0.1, 0.15) is 0 Å². The zero-order valence-electron chi connectivity index (χ0n) is 12.5. The summed E-state index contributed by atoms with van der Waals surface area (Å²) < 4.78 is 4.77. The van der Waals surface area contributed by atoms with Crippen molar-refractivity contribution in [1.29, 1.82) is 0 Å². The molecular formula is C15H23ClN2O2. The van der Waals surface area contributed by atoms with E-state index in [9.17, 15) is 4.79 Å². The SMILES string of the molecule is COC(=O)c1cc(N)cc(Cl)c1NC(C)CCC(C)C. The van der Waals surface area contributed by atoms with Gasteiger partial charge in [-0.15, -0.1) is 0 Å². The number of nitrogens with two attached hydrogens (primary N) is 1. The van der Waals surface area contributed by atoms with Crippen LogP contribution < -0.4 is 11.1 Å². The number of halogens is 1. The van der Waals surface area contributed by atoms with Gasteiger partial charge < -0.3 is 15.8 Å². The Morgan fingerprint density at radius 1 is 1.35 bits per heavy atom. The molecule has 3 N–H and O–H groups in total. The van der Waals surface area contributed by atoms with Crippen molar-refractivity contribution in [2.24, 2.45) is 5.92 Å². The van der Waals surface area contributed by atoms with Crippen LogP contribution in [0.3, 0.4) is 0 Å². The fraction of sp³-hybridized carbons (Fsp3) is 0.533. The summed E-state index contributed by atoms with van der Waals surface area (Å²) in [5.74, 6) is 0.193. The van der Waals surface area contributed by atoms with Crippen molar-refractivity contribution in [2.45, 2.75) is 39.7 Å². The summed E-state index contributed by atoms with van der Waals surface area (Å²) in [5, 5.41) is 3.72. The summed E-state index contributed by atoms with van der Waals surface area (Å²) in [5.41, 5.74) is 7.13. The fourth-order valence-electron chi connectivity index (χ4n) is 1.95. The first-order valence-electron chi connectivity index (χ1n) is 6.79. The zero-order chi connectivity index (χ0) is 15.3. The largest absolute Gasteiger partial charge is 0.465 e. The van der Waals surface area contributed by atoms with Gasteiger partial charge in [-0.25, -0.2) is 4.79 Å². The predicted molar refractivity (Wildman–Crippen MR) is 84.4 cm³/mol. The molecule has 5 heteroatoms. The molecule has 0 saturated carbocycles. The average Bonchev–Trinajstić information content (AvgIpc) is 2.38. The molecule has 0 heterocycles. The third-order valence-electron chi connectivity index (χ3n) is 3.09. The van der Waals surface area contributed by atoms with E-state index < -0.39 is 5.97 Å². The summed E-state index contributed by atoms with van der Waals surface area (Å²) in [4.78, 5) is 11.8. The summed E-state index contributed by atoms with van der Waals surface area (Å²) >= 11 is 6.19. The molecule has 4 nitrogen and oxygen atoms in total. The lowest BCUT2D eigenvalue weighted by Gasteiger charge is -2.19. The number of ether oxygens (including phenoxy) is 1. The Morgan fingerprint density at radius 3 is 2.55 bits per heavy atom. The molecule has 1 rings (SSSR count). The van der Waals surface area contributed by atoms with Crippen molar-refractivity contribution < 1.29 is 9.53 Å². The molecule has 1 unspecified atom stereocenters. The highest BCUT2D eigenvalue weighted by Crippen LogP contribution is 2.31. The average molecular weight is 299 g/mol. The molecular weight excluding hydrogens is 276 g/mol. The molecule has 0 aliphatic rings. The standard InChI is InChI=1S/C15H23ClN2O2/c1-9(2)5-6-10(3)18-14-12(15(19)20-4)7-11(17)8-13(14)16/h7-10,18H,5-6,17H2,1-4H3. The van der Waals surface area contributed by atoms with E-state index >= 15 is 0 Å². The number of benzene rings is 1. The fourth-order valence-corrected chi connectivity index (χ4v) is 2.23. The molecule has 0 bridgehead atoms. The lowest BCUT2D eigenvalue weighted by molar-refractivity contribution is 0.0602. The van der Waals surface area contributed by atoms with Crippen LogP contribution in [0.15, 0.2) is 12.1 Å². The van der Waals surface area contributed by atoms with Gasteiger partial charge in [-0.3, -0.25) is 0 Å². The summed E-state index contributed by atoms with van der Waals surface area (Å²) in [7, 11) is 1.34. The highest BCUT2D eigenvalue weighted by Gasteiger charge is 2.17. The lowest BCUT2D eigenvalue weighted by atomic mass is 10.0. The number of esters is 1. The molecule has 0 aromatic heterocycles. The molecule has 0 amide bonds. The van der Waals surface area contributed by atoms with Gasteiger partial charge in [-0.05, 0) is 37.8 Å². The Morgan fingerprint density at radius 2 is 2.00 bits per heavy atom. The molecule has 0 fully saturated rings. The number of nitrogens with one attached hydrogen (secondary N) is 1. The number of anilines is 2. The van der Waals surface area contributed by atoms with E-state index in [-0.39, 0.29) is 6.04 Å². The van der Waals surface area contributed by atoms with E-state index in [0.717, 1.165) is 12.8 Å². The van der Waals surface area contributed by atoms with E-state index in [4.69, 9.17) is 22.1 Å². The van der Waals surface area contributed by atoms with Gasteiger partial charge in [0.15, 0.2) is 0 Å². The van der Waals surface area contributed by atoms with Gasteiger partial charge in [-0.2, -0.15) is 0 Å². The molecule has 1 aromatic rings. The number of methoxy groups -OCH3 is 1. The lowest BCUT2D eigenvalue weighted by Crippen LogP contribution is -2.19. The number of rotatable bonds is 6. The van der Waals surface area contributed by atoms with E-state index in [1.165, 1.54) is 7.11 Å². The van der Waals surface area contributed by atoms with Crippen molar-refractivity contribution >= 4 is 28.9 Å². The highest BCUT2D eigenvalue weighted by atomic mass is 35.5. The topological polar surface area (TPSA) is 64.3 Å². The van der Waals surface area contributed by atoms with Gasteiger partial charge >= 0.3 is 5.97 Å². The van der Waals surface area contributed by atoms with Gasteiger partial charge in [0.2, 0.25) is 0 Å². The number of hydrogen-bond acceptors (Lipinski definition) is 4. The second-order valence-electron chi connectivity index (χ2n) is 5.43. The molecule has 1 atom stereocenters. The molecule has 0 aliphatic heterocycles. The van der Waals surface area contributed by atoms with Gasteiger partial charge in [0.05, 0.1) is 23.4 Å².